The molecule has 0 bridgehead atoms. The Bertz CT molecular complexity index is 230. The molecule has 0 atom stereocenters. The monoisotopic (exact) mass is 274 g/mol. The molecule has 2 saturated carbocycles. The lowest BCUT2D eigenvalue weighted by molar-refractivity contribution is 0.284. The molecule has 2 aliphatic rings. The zero-order valence-corrected chi connectivity index (χ0v) is 13.7. The third-order valence-corrected chi connectivity index (χ3v) is 5.77. The van der Waals surface area contributed by atoms with E-state index in [-0.39, 0.29) is 5.31 Å². The van der Waals surface area contributed by atoms with E-state index in [0.29, 0.717) is 0 Å². The van der Waals surface area contributed by atoms with Crippen molar-refractivity contribution in [2.75, 3.05) is 0 Å². The van der Waals surface area contributed by atoms with E-state index in [1.54, 1.807) is 0 Å². The zero-order chi connectivity index (χ0) is 14.1. The van der Waals surface area contributed by atoms with Crippen LogP contribution in [-0.2, 0) is 0 Å². The zero-order valence-electron chi connectivity index (χ0n) is 13.7. The SMILES string of the molecule is [B]C1(CC2CCCCCCCCC2)CCCCCCC1. The van der Waals surface area contributed by atoms with Gasteiger partial charge in [0.2, 0.25) is 0 Å². The van der Waals surface area contributed by atoms with E-state index in [9.17, 15) is 0 Å². The van der Waals surface area contributed by atoms with Crippen molar-refractivity contribution in [2.45, 2.75) is 114 Å². The minimum absolute atomic E-state index is 0.190. The van der Waals surface area contributed by atoms with E-state index >= 15 is 0 Å². The molecular formula is C19H35B. The Morgan fingerprint density at radius 3 is 1.50 bits per heavy atom. The molecule has 0 heterocycles. The fourth-order valence-electron chi connectivity index (χ4n) is 4.49. The summed E-state index contributed by atoms with van der Waals surface area (Å²) in [6.45, 7) is 0. The summed E-state index contributed by atoms with van der Waals surface area (Å²) in [5, 5.41) is 0.190. The maximum Gasteiger partial charge on any atom is 0.0746 e. The van der Waals surface area contributed by atoms with Crippen molar-refractivity contribution in [3.05, 3.63) is 0 Å². The maximum absolute atomic E-state index is 6.82. The number of hydrogen-bond donors (Lipinski definition) is 0. The van der Waals surface area contributed by atoms with Gasteiger partial charge < -0.3 is 0 Å². The molecule has 0 spiro atoms. The fourth-order valence-corrected chi connectivity index (χ4v) is 4.49. The Labute approximate surface area is 128 Å². The van der Waals surface area contributed by atoms with Crippen LogP contribution in [0, 0.1) is 5.92 Å². The van der Waals surface area contributed by atoms with Gasteiger partial charge in [0.05, 0.1) is 7.85 Å². The molecule has 2 aliphatic carbocycles. The van der Waals surface area contributed by atoms with Gasteiger partial charge in [0.1, 0.15) is 0 Å². The first kappa shape index (κ1) is 16.4. The molecule has 2 fully saturated rings. The van der Waals surface area contributed by atoms with Gasteiger partial charge in [0.25, 0.3) is 0 Å². The van der Waals surface area contributed by atoms with Crippen molar-refractivity contribution in [3.8, 4) is 0 Å². The van der Waals surface area contributed by atoms with Crippen molar-refractivity contribution in [1.29, 1.82) is 0 Å². The van der Waals surface area contributed by atoms with Crippen LogP contribution in [0.3, 0.4) is 0 Å². The molecule has 2 rings (SSSR count). The van der Waals surface area contributed by atoms with E-state index in [0.717, 1.165) is 5.92 Å². The minimum atomic E-state index is 0.190. The highest BCUT2D eigenvalue weighted by Gasteiger charge is 2.27. The lowest BCUT2D eigenvalue weighted by atomic mass is 9.57. The Hall–Kier alpha value is 0.0649. The van der Waals surface area contributed by atoms with Crippen LogP contribution in [0.2, 0.25) is 5.31 Å². The van der Waals surface area contributed by atoms with Gasteiger partial charge >= 0.3 is 0 Å². The lowest BCUT2D eigenvalue weighted by Gasteiger charge is -2.36. The van der Waals surface area contributed by atoms with Crippen molar-refractivity contribution in [3.63, 3.8) is 0 Å². The average molecular weight is 274 g/mol. The standard InChI is InChI=1S/C19H35B/c20-19(15-11-7-4-8-12-16-19)17-18-13-9-5-2-1-3-6-10-14-18/h18H,1-17H2. The predicted molar refractivity (Wildman–Crippen MR) is 90.4 cm³/mol. The van der Waals surface area contributed by atoms with Crippen molar-refractivity contribution >= 4 is 7.85 Å². The first-order chi connectivity index (χ1) is 9.79. The second-order valence-corrected chi connectivity index (χ2v) is 7.75. The number of rotatable bonds is 2. The van der Waals surface area contributed by atoms with Gasteiger partial charge in [0, 0.05) is 0 Å². The van der Waals surface area contributed by atoms with E-state index in [4.69, 9.17) is 7.85 Å². The average Bonchev–Trinajstić information content (AvgIpc) is 2.42. The van der Waals surface area contributed by atoms with Gasteiger partial charge in [0.15, 0.2) is 0 Å². The van der Waals surface area contributed by atoms with Crippen molar-refractivity contribution in [2.24, 2.45) is 5.92 Å². The molecule has 0 nitrogen and oxygen atoms in total. The fraction of sp³-hybridized carbons (Fsp3) is 1.00. The first-order valence-corrected chi connectivity index (χ1v) is 9.57. The highest BCUT2D eigenvalue weighted by molar-refractivity contribution is 6.15. The van der Waals surface area contributed by atoms with Gasteiger partial charge in [-0.25, -0.2) is 0 Å². The molecule has 0 aromatic carbocycles. The summed E-state index contributed by atoms with van der Waals surface area (Å²) < 4.78 is 0. The molecule has 0 unspecified atom stereocenters. The normalized spacial score (nSPS) is 27.4. The third-order valence-electron chi connectivity index (χ3n) is 5.77. The second-order valence-electron chi connectivity index (χ2n) is 7.75. The third kappa shape index (κ3) is 6.23. The molecule has 2 radical (unpaired) electrons. The highest BCUT2D eigenvalue weighted by Crippen LogP contribution is 2.45. The molecular weight excluding hydrogens is 239 g/mol. The molecule has 1 heteroatoms. The molecule has 0 saturated heterocycles. The van der Waals surface area contributed by atoms with Gasteiger partial charge in [-0.15, -0.1) is 0 Å². The largest absolute Gasteiger partial charge is 0.0746 e. The van der Waals surface area contributed by atoms with E-state index in [1.165, 1.54) is 109 Å². The molecule has 0 aromatic heterocycles. The Morgan fingerprint density at radius 1 is 0.600 bits per heavy atom. The highest BCUT2D eigenvalue weighted by atomic mass is 14.3. The molecule has 20 heavy (non-hydrogen) atoms. The minimum Gasteiger partial charge on any atom is -0.0658 e. The Balaban J connectivity index is 1.83. The van der Waals surface area contributed by atoms with Crippen LogP contribution in [0.25, 0.3) is 0 Å². The molecule has 114 valence electrons. The topological polar surface area (TPSA) is 0 Å². The summed E-state index contributed by atoms with van der Waals surface area (Å²) >= 11 is 0. The van der Waals surface area contributed by atoms with Crippen molar-refractivity contribution in [1.82, 2.24) is 0 Å². The molecule has 0 aromatic rings. The van der Waals surface area contributed by atoms with E-state index in [2.05, 4.69) is 0 Å². The van der Waals surface area contributed by atoms with Crippen LogP contribution in [0.1, 0.15) is 109 Å². The second kappa shape index (κ2) is 9.16. The summed E-state index contributed by atoms with van der Waals surface area (Å²) in [6.07, 6.45) is 24.1. The van der Waals surface area contributed by atoms with Crippen LogP contribution < -0.4 is 0 Å². The number of hydrogen-bond acceptors (Lipinski definition) is 0. The molecule has 0 amide bonds. The summed E-state index contributed by atoms with van der Waals surface area (Å²) in [6, 6.07) is 0. The summed E-state index contributed by atoms with van der Waals surface area (Å²) in [7, 11) is 6.82. The smallest absolute Gasteiger partial charge is 0.0658 e. The predicted octanol–water partition coefficient (Wildman–Crippen LogP) is 6.59. The van der Waals surface area contributed by atoms with E-state index < -0.39 is 0 Å². The van der Waals surface area contributed by atoms with Gasteiger partial charge in [-0.1, -0.05) is 114 Å². The molecule has 0 N–H and O–H groups in total. The summed E-state index contributed by atoms with van der Waals surface area (Å²) in [5.74, 6) is 0.928. The Morgan fingerprint density at radius 2 is 1.00 bits per heavy atom. The summed E-state index contributed by atoms with van der Waals surface area (Å²) in [4.78, 5) is 0. The van der Waals surface area contributed by atoms with Crippen LogP contribution in [-0.4, -0.2) is 7.85 Å². The molecule has 0 aliphatic heterocycles. The van der Waals surface area contributed by atoms with Gasteiger partial charge in [-0.05, 0) is 5.92 Å². The van der Waals surface area contributed by atoms with Crippen LogP contribution >= 0.6 is 0 Å². The van der Waals surface area contributed by atoms with Crippen LogP contribution in [0.15, 0.2) is 0 Å². The summed E-state index contributed by atoms with van der Waals surface area (Å²) in [5.41, 5.74) is 0. The van der Waals surface area contributed by atoms with Gasteiger partial charge in [-0.2, -0.15) is 0 Å². The quantitative estimate of drug-likeness (QED) is 0.498. The van der Waals surface area contributed by atoms with E-state index in [1.807, 2.05) is 0 Å². The maximum atomic E-state index is 6.82. The van der Waals surface area contributed by atoms with Crippen LogP contribution in [0.5, 0.6) is 0 Å². The van der Waals surface area contributed by atoms with Crippen LogP contribution in [0.4, 0.5) is 0 Å². The lowest BCUT2D eigenvalue weighted by Crippen LogP contribution is -2.20. The first-order valence-electron chi connectivity index (χ1n) is 9.57. The van der Waals surface area contributed by atoms with Crippen molar-refractivity contribution < 1.29 is 0 Å². The Kier molecular flexibility index (Phi) is 7.53. The van der Waals surface area contributed by atoms with Gasteiger partial charge in [-0.3, -0.25) is 0 Å².